The van der Waals surface area contributed by atoms with Gasteiger partial charge in [0.25, 0.3) is 0 Å². The molecule has 0 amide bonds. The fraction of sp³-hybridized carbons (Fsp3) is 0.0909. The highest BCUT2D eigenvalue weighted by Crippen LogP contribution is 2.09. The van der Waals surface area contributed by atoms with E-state index >= 15 is 0 Å². The molecule has 0 radical (unpaired) electrons. The molecule has 0 aliphatic rings. The zero-order chi connectivity index (χ0) is 11.5. The van der Waals surface area contributed by atoms with Gasteiger partial charge in [-0.15, -0.1) is 12.6 Å². The van der Waals surface area contributed by atoms with Gasteiger partial charge in [-0.1, -0.05) is 54.8 Å². The van der Waals surface area contributed by atoms with Gasteiger partial charge in [0.15, 0.2) is 0 Å². The third kappa shape index (κ3) is 2.42. The number of aromatic nitrogens is 2. The molecule has 1 N–H and O–H groups in total. The van der Waals surface area contributed by atoms with Gasteiger partial charge in [0.1, 0.15) is 4.64 Å². The van der Waals surface area contributed by atoms with Crippen LogP contribution in [0.25, 0.3) is 0 Å². The maximum atomic E-state index is 5.26. The van der Waals surface area contributed by atoms with Crippen LogP contribution in [0, 0.1) is 9.15 Å². The standard InChI is InChI=1S/C11H10N2S3/c14-9-6-12-13(11(16)10(9)15)7-8-4-2-1-3-5-8/h1-6,12,14H,7H2. The smallest absolute Gasteiger partial charge is 0.140 e. The third-order valence-corrected chi connectivity index (χ3v) is 3.68. The Bertz CT molecular complexity index is 599. The number of H-pyrrole nitrogens is 1. The Balaban J connectivity index is 2.41. The van der Waals surface area contributed by atoms with Crippen molar-refractivity contribution in [3.8, 4) is 0 Å². The summed E-state index contributed by atoms with van der Waals surface area (Å²) in [4.78, 5) is 0.712. The van der Waals surface area contributed by atoms with Gasteiger partial charge in [0, 0.05) is 11.1 Å². The van der Waals surface area contributed by atoms with Gasteiger partial charge in [0.05, 0.1) is 11.1 Å². The highest BCUT2D eigenvalue weighted by molar-refractivity contribution is 7.81. The van der Waals surface area contributed by atoms with Crippen molar-refractivity contribution in [3.05, 3.63) is 51.2 Å². The number of aromatic amines is 1. The number of benzene rings is 1. The first kappa shape index (κ1) is 11.6. The molecule has 16 heavy (non-hydrogen) atoms. The van der Waals surface area contributed by atoms with Crippen molar-refractivity contribution >= 4 is 37.1 Å². The number of thiol groups is 1. The average molecular weight is 266 g/mol. The van der Waals surface area contributed by atoms with Crippen molar-refractivity contribution in [2.45, 2.75) is 11.4 Å². The van der Waals surface area contributed by atoms with Crippen LogP contribution >= 0.6 is 37.1 Å². The lowest BCUT2D eigenvalue weighted by Gasteiger charge is -2.07. The van der Waals surface area contributed by atoms with Crippen molar-refractivity contribution in [3.63, 3.8) is 0 Å². The molecule has 0 bridgehead atoms. The van der Waals surface area contributed by atoms with Gasteiger partial charge < -0.3 is 5.10 Å². The molecule has 0 aliphatic heterocycles. The minimum absolute atomic E-state index is 0.617. The van der Waals surface area contributed by atoms with Crippen LogP contribution in [0.4, 0.5) is 0 Å². The van der Waals surface area contributed by atoms with E-state index in [1.54, 1.807) is 6.20 Å². The van der Waals surface area contributed by atoms with Crippen LogP contribution < -0.4 is 0 Å². The lowest BCUT2D eigenvalue weighted by molar-refractivity contribution is 0.645. The summed E-state index contributed by atoms with van der Waals surface area (Å²) in [7, 11) is 0. The summed E-state index contributed by atoms with van der Waals surface area (Å²) in [6.45, 7) is 0.692. The summed E-state index contributed by atoms with van der Waals surface area (Å²) in [6.07, 6.45) is 1.75. The predicted octanol–water partition coefficient (Wildman–Crippen LogP) is 3.61. The molecule has 2 nitrogen and oxygen atoms in total. The van der Waals surface area contributed by atoms with E-state index in [0.29, 0.717) is 20.6 Å². The van der Waals surface area contributed by atoms with Crippen molar-refractivity contribution in [2.24, 2.45) is 0 Å². The Kier molecular flexibility index (Phi) is 3.58. The number of hydrogen-bond acceptors (Lipinski definition) is 3. The maximum Gasteiger partial charge on any atom is 0.140 e. The van der Waals surface area contributed by atoms with Crippen LogP contribution in [0.2, 0.25) is 0 Å². The van der Waals surface area contributed by atoms with Gasteiger partial charge in [-0.05, 0) is 5.56 Å². The van der Waals surface area contributed by atoms with E-state index in [-0.39, 0.29) is 0 Å². The second kappa shape index (κ2) is 4.95. The quantitative estimate of drug-likeness (QED) is 0.640. The molecule has 2 rings (SSSR count). The van der Waals surface area contributed by atoms with Gasteiger partial charge >= 0.3 is 0 Å². The van der Waals surface area contributed by atoms with Crippen molar-refractivity contribution in [1.82, 2.24) is 9.78 Å². The minimum Gasteiger partial charge on any atom is -0.303 e. The summed E-state index contributed by atoms with van der Waals surface area (Å²) in [6, 6.07) is 10.1. The van der Waals surface area contributed by atoms with Crippen molar-refractivity contribution in [2.75, 3.05) is 0 Å². The fourth-order valence-electron chi connectivity index (χ4n) is 1.38. The van der Waals surface area contributed by atoms with Crippen LogP contribution in [0.5, 0.6) is 0 Å². The highest BCUT2D eigenvalue weighted by atomic mass is 32.1. The second-order valence-corrected chi connectivity index (χ2v) is 4.64. The Hall–Kier alpha value is -0.910. The molecule has 1 aromatic carbocycles. The molecule has 0 saturated carbocycles. The molecule has 0 fully saturated rings. The van der Waals surface area contributed by atoms with Crippen LogP contribution in [-0.4, -0.2) is 9.78 Å². The number of nitrogens with one attached hydrogen (secondary N) is 1. The fourth-order valence-corrected chi connectivity index (χ4v) is 2.01. The zero-order valence-corrected chi connectivity index (χ0v) is 10.9. The number of hydrogen-bond donors (Lipinski definition) is 2. The Morgan fingerprint density at radius 3 is 2.56 bits per heavy atom. The van der Waals surface area contributed by atoms with E-state index in [2.05, 4.69) is 17.7 Å². The topological polar surface area (TPSA) is 20.7 Å². The maximum absolute atomic E-state index is 5.26. The Labute approximate surface area is 109 Å². The number of nitrogens with zero attached hydrogens (tertiary/aromatic N) is 1. The first-order valence-electron chi connectivity index (χ1n) is 4.74. The zero-order valence-electron chi connectivity index (χ0n) is 8.38. The third-order valence-electron chi connectivity index (χ3n) is 2.21. The number of rotatable bonds is 2. The van der Waals surface area contributed by atoms with E-state index in [9.17, 15) is 0 Å². The van der Waals surface area contributed by atoms with Crippen LogP contribution in [0.1, 0.15) is 5.56 Å². The second-order valence-electron chi connectivity index (χ2n) is 3.36. The van der Waals surface area contributed by atoms with E-state index < -0.39 is 0 Å². The molecule has 0 unspecified atom stereocenters. The van der Waals surface area contributed by atoms with Crippen molar-refractivity contribution < 1.29 is 0 Å². The summed E-state index contributed by atoms with van der Waals surface area (Å²) in [5.74, 6) is 0. The summed E-state index contributed by atoms with van der Waals surface area (Å²) in [5.41, 5.74) is 1.18. The first-order chi connectivity index (χ1) is 7.68. The molecule has 2 aromatic rings. The summed E-state index contributed by atoms with van der Waals surface area (Å²) < 4.78 is 3.08. The molecule has 82 valence electrons. The lowest BCUT2D eigenvalue weighted by Crippen LogP contribution is -2.06. The van der Waals surface area contributed by atoms with Gasteiger partial charge in [0.2, 0.25) is 0 Å². The monoisotopic (exact) mass is 266 g/mol. The normalized spacial score (nSPS) is 10.3. The summed E-state index contributed by atoms with van der Waals surface area (Å²) in [5, 5.41) is 3.06. The molecule has 0 saturated heterocycles. The Morgan fingerprint density at radius 1 is 1.19 bits per heavy atom. The van der Waals surface area contributed by atoms with Crippen molar-refractivity contribution in [1.29, 1.82) is 0 Å². The molecule has 0 atom stereocenters. The minimum atomic E-state index is 0.617. The molecular formula is C11H10N2S3. The van der Waals surface area contributed by atoms with E-state index in [4.69, 9.17) is 24.4 Å². The predicted molar refractivity (Wildman–Crippen MR) is 73.2 cm³/mol. The SMILES string of the molecule is S=c1c(S)c[nH]n(Cc2ccccc2)c1=S. The highest BCUT2D eigenvalue weighted by Gasteiger charge is 1.98. The largest absolute Gasteiger partial charge is 0.303 e. The van der Waals surface area contributed by atoms with Gasteiger partial charge in [-0.3, -0.25) is 4.68 Å². The molecule has 0 spiro atoms. The Morgan fingerprint density at radius 2 is 1.88 bits per heavy atom. The van der Waals surface area contributed by atoms with Crippen LogP contribution in [0.3, 0.4) is 0 Å². The van der Waals surface area contributed by atoms with Crippen LogP contribution in [0.15, 0.2) is 41.4 Å². The summed E-state index contributed by atoms with van der Waals surface area (Å²) >= 11 is 14.7. The average Bonchev–Trinajstić information content (AvgIpc) is 2.31. The molecule has 0 aliphatic carbocycles. The van der Waals surface area contributed by atoms with Crippen LogP contribution in [-0.2, 0) is 6.54 Å². The van der Waals surface area contributed by atoms with E-state index in [0.717, 1.165) is 0 Å². The van der Waals surface area contributed by atoms with E-state index in [1.807, 2.05) is 35.0 Å². The first-order valence-corrected chi connectivity index (χ1v) is 6.00. The molecule has 1 aromatic heterocycles. The molecular weight excluding hydrogens is 256 g/mol. The lowest BCUT2D eigenvalue weighted by atomic mass is 10.2. The van der Waals surface area contributed by atoms with Gasteiger partial charge in [-0.25, -0.2) is 0 Å². The van der Waals surface area contributed by atoms with Gasteiger partial charge in [-0.2, -0.15) is 0 Å². The molecule has 1 heterocycles. The molecule has 5 heteroatoms. The van der Waals surface area contributed by atoms with E-state index in [1.165, 1.54) is 5.56 Å².